The molecule has 0 aromatic heterocycles. The fourth-order valence-electron chi connectivity index (χ4n) is 2.27. The Kier molecular flexibility index (Phi) is 4.13. The van der Waals surface area contributed by atoms with Gasteiger partial charge in [-0.2, -0.15) is 0 Å². The van der Waals surface area contributed by atoms with E-state index in [0.717, 1.165) is 18.2 Å². The summed E-state index contributed by atoms with van der Waals surface area (Å²) in [6.07, 6.45) is 2.63. The van der Waals surface area contributed by atoms with Crippen molar-refractivity contribution in [1.29, 1.82) is 0 Å². The molecule has 0 amide bonds. The number of sulfonamides is 1. The van der Waals surface area contributed by atoms with Gasteiger partial charge in [0, 0.05) is 35.4 Å². The fourth-order valence-corrected chi connectivity index (χ4v) is 3.23. The van der Waals surface area contributed by atoms with Gasteiger partial charge in [-0.05, 0) is 24.6 Å². The van der Waals surface area contributed by atoms with Crippen molar-refractivity contribution in [1.82, 2.24) is 4.72 Å². The first-order valence-electron chi connectivity index (χ1n) is 5.86. The predicted octanol–water partition coefficient (Wildman–Crippen LogP) is 1.28. The van der Waals surface area contributed by atoms with Crippen LogP contribution in [0.25, 0.3) is 0 Å². The largest absolute Gasteiger partial charge is 0.369 e. The first kappa shape index (κ1) is 14.3. The maximum Gasteiger partial charge on any atom is 0.209 e. The number of aldehydes is 1. The number of anilines is 1. The second kappa shape index (κ2) is 5.48. The number of carbonyl (C=O) groups excluding carboxylic acids is 1. The molecule has 0 spiro atoms. The van der Waals surface area contributed by atoms with E-state index in [1.54, 1.807) is 18.2 Å². The van der Waals surface area contributed by atoms with E-state index >= 15 is 0 Å². The zero-order valence-electron chi connectivity index (χ0n) is 10.5. The average molecular weight is 303 g/mol. The topological polar surface area (TPSA) is 66.5 Å². The Morgan fingerprint density at radius 2 is 2.21 bits per heavy atom. The number of benzene rings is 1. The van der Waals surface area contributed by atoms with E-state index in [9.17, 15) is 13.2 Å². The first-order chi connectivity index (χ1) is 8.89. The number of nitrogens with zero attached hydrogens (tertiary/aromatic N) is 1. The highest BCUT2D eigenvalue weighted by molar-refractivity contribution is 7.88. The van der Waals surface area contributed by atoms with E-state index in [1.165, 1.54) is 0 Å². The van der Waals surface area contributed by atoms with Crippen molar-refractivity contribution in [3.63, 3.8) is 0 Å². The van der Waals surface area contributed by atoms with Crippen molar-refractivity contribution in [3.05, 3.63) is 28.8 Å². The average Bonchev–Trinajstić information content (AvgIpc) is 2.75. The summed E-state index contributed by atoms with van der Waals surface area (Å²) in [5.74, 6) is 0. The molecule has 2 rings (SSSR count). The highest BCUT2D eigenvalue weighted by atomic mass is 35.5. The maximum atomic E-state index is 11.2. The van der Waals surface area contributed by atoms with Gasteiger partial charge in [-0.1, -0.05) is 11.6 Å². The van der Waals surface area contributed by atoms with Crippen LogP contribution in [0.2, 0.25) is 5.02 Å². The minimum atomic E-state index is -3.21. The third-order valence-corrected chi connectivity index (χ3v) is 4.03. The molecular formula is C12H15ClN2O3S. The Morgan fingerprint density at radius 3 is 2.84 bits per heavy atom. The second-order valence-corrected chi connectivity index (χ2v) is 6.86. The summed E-state index contributed by atoms with van der Waals surface area (Å²) in [6.45, 7) is 1.22. The molecule has 1 atom stereocenters. The fraction of sp³-hybridized carbons (Fsp3) is 0.417. The summed E-state index contributed by atoms with van der Waals surface area (Å²) < 4.78 is 25.0. The number of hydrogen-bond donors (Lipinski definition) is 1. The lowest BCUT2D eigenvalue weighted by atomic mass is 10.2. The van der Waals surface area contributed by atoms with E-state index in [0.29, 0.717) is 30.1 Å². The smallest absolute Gasteiger partial charge is 0.209 e. The van der Waals surface area contributed by atoms with Gasteiger partial charge in [0.1, 0.15) is 0 Å². The van der Waals surface area contributed by atoms with Crippen molar-refractivity contribution in [2.75, 3.05) is 24.2 Å². The summed E-state index contributed by atoms with van der Waals surface area (Å²) >= 11 is 5.94. The van der Waals surface area contributed by atoms with E-state index in [1.807, 2.05) is 4.90 Å². The summed E-state index contributed by atoms with van der Waals surface area (Å²) in [5.41, 5.74) is 1.31. The molecule has 7 heteroatoms. The number of hydrogen-bond acceptors (Lipinski definition) is 4. The molecule has 1 heterocycles. The minimum Gasteiger partial charge on any atom is -0.369 e. The van der Waals surface area contributed by atoms with Gasteiger partial charge >= 0.3 is 0 Å². The van der Waals surface area contributed by atoms with Crippen molar-refractivity contribution in [3.8, 4) is 0 Å². The number of nitrogens with one attached hydrogen (secondary N) is 1. The molecule has 1 aliphatic rings. The Hall–Kier alpha value is -1.11. The normalized spacial score (nSPS) is 19.7. The van der Waals surface area contributed by atoms with Crippen LogP contribution < -0.4 is 9.62 Å². The van der Waals surface area contributed by atoms with Crippen molar-refractivity contribution < 1.29 is 13.2 Å². The predicted molar refractivity (Wildman–Crippen MR) is 75.4 cm³/mol. The monoisotopic (exact) mass is 302 g/mol. The molecule has 5 nitrogen and oxygen atoms in total. The highest BCUT2D eigenvalue weighted by Gasteiger charge is 2.26. The van der Waals surface area contributed by atoms with Crippen LogP contribution >= 0.6 is 11.6 Å². The summed E-state index contributed by atoms with van der Waals surface area (Å²) in [5, 5.41) is 0.556. The van der Waals surface area contributed by atoms with Crippen molar-refractivity contribution in [2.24, 2.45) is 0 Å². The molecule has 1 aromatic carbocycles. The highest BCUT2D eigenvalue weighted by Crippen LogP contribution is 2.27. The number of carbonyl (C=O) groups is 1. The molecule has 0 bridgehead atoms. The standard InChI is InChI=1S/C12H15ClN2O3S/c1-19(17,18)14-11-4-5-15(7-11)12-6-10(13)3-2-9(12)8-16/h2-3,6,8,11,14H,4-5,7H2,1H3/t11-/m1/s1. The lowest BCUT2D eigenvalue weighted by Gasteiger charge is -2.20. The number of rotatable bonds is 4. The molecule has 1 N–H and O–H groups in total. The van der Waals surface area contributed by atoms with E-state index in [2.05, 4.69) is 4.72 Å². The molecular weight excluding hydrogens is 288 g/mol. The van der Waals surface area contributed by atoms with E-state index < -0.39 is 10.0 Å². The number of halogens is 1. The van der Waals surface area contributed by atoms with E-state index in [4.69, 9.17) is 11.6 Å². The minimum absolute atomic E-state index is 0.131. The molecule has 19 heavy (non-hydrogen) atoms. The molecule has 1 aromatic rings. The van der Waals surface area contributed by atoms with Gasteiger partial charge in [0.25, 0.3) is 0 Å². The van der Waals surface area contributed by atoms with Gasteiger partial charge in [0.15, 0.2) is 6.29 Å². The third kappa shape index (κ3) is 3.68. The van der Waals surface area contributed by atoms with E-state index in [-0.39, 0.29) is 6.04 Å². The van der Waals surface area contributed by atoms with Crippen LogP contribution in [-0.2, 0) is 10.0 Å². The van der Waals surface area contributed by atoms with Gasteiger partial charge in [-0.15, -0.1) is 0 Å². The summed E-state index contributed by atoms with van der Waals surface area (Å²) in [7, 11) is -3.21. The molecule has 0 saturated carbocycles. The first-order valence-corrected chi connectivity index (χ1v) is 8.13. The molecule has 1 fully saturated rings. The van der Waals surface area contributed by atoms with Crippen LogP contribution in [0.5, 0.6) is 0 Å². The lowest BCUT2D eigenvalue weighted by molar-refractivity contribution is 0.112. The van der Waals surface area contributed by atoms with Crippen molar-refractivity contribution in [2.45, 2.75) is 12.5 Å². The van der Waals surface area contributed by atoms with Crippen LogP contribution in [0.4, 0.5) is 5.69 Å². The third-order valence-electron chi connectivity index (χ3n) is 3.03. The Bertz CT molecular complexity index is 589. The lowest BCUT2D eigenvalue weighted by Crippen LogP contribution is -2.36. The molecule has 0 radical (unpaired) electrons. The second-order valence-electron chi connectivity index (χ2n) is 4.64. The maximum absolute atomic E-state index is 11.2. The Morgan fingerprint density at radius 1 is 1.47 bits per heavy atom. The van der Waals surface area contributed by atoms with Crippen molar-refractivity contribution >= 4 is 33.6 Å². The van der Waals surface area contributed by atoms with Crippen LogP contribution in [-0.4, -0.2) is 40.1 Å². The molecule has 0 unspecified atom stereocenters. The van der Waals surface area contributed by atoms with Crippen LogP contribution in [0, 0.1) is 0 Å². The van der Waals surface area contributed by atoms with Crippen LogP contribution in [0.3, 0.4) is 0 Å². The van der Waals surface area contributed by atoms with Gasteiger partial charge in [-0.3, -0.25) is 4.79 Å². The molecule has 104 valence electrons. The SMILES string of the molecule is CS(=O)(=O)N[C@@H]1CCN(c2cc(Cl)ccc2C=O)C1. The molecule has 0 aliphatic carbocycles. The summed E-state index contributed by atoms with van der Waals surface area (Å²) in [4.78, 5) is 13.0. The zero-order valence-corrected chi connectivity index (χ0v) is 12.0. The van der Waals surface area contributed by atoms with Gasteiger partial charge < -0.3 is 4.90 Å². The van der Waals surface area contributed by atoms with Crippen LogP contribution in [0.1, 0.15) is 16.8 Å². The van der Waals surface area contributed by atoms with Gasteiger partial charge in [0.2, 0.25) is 10.0 Å². The van der Waals surface area contributed by atoms with Gasteiger partial charge in [-0.25, -0.2) is 13.1 Å². The Labute approximate surface area is 117 Å². The zero-order chi connectivity index (χ0) is 14.0. The van der Waals surface area contributed by atoms with Gasteiger partial charge in [0.05, 0.1) is 6.26 Å². The molecule has 1 aliphatic heterocycles. The Balaban J connectivity index is 2.17. The quantitative estimate of drug-likeness (QED) is 0.851. The molecule has 1 saturated heterocycles. The summed E-state index contributed by atoms with van der Waals surface area (Å²) in [6, 6.07) is 4.93. The van der Waals surface area contributed by atoms with Crippen LogP contribution in [0.15, 0.2) is 18.2 Å².